The number of hydrogen-bond donors (Lipinski definition) is 2. The van der Waals surface area contributed by atoms with Crippen LogP contribution in [0.5, 0.6) is 0 Å². The highest BCUT2D eigenvalue weighted by molar-refractivity contribution is 6.34. The summed E-state index contributed by atoms with van der Waals surface area (Å²) in [6, 6.07) is 11.7. The molecule has 0 saturated heterocycles. The summed E-state index contributed by atoms with van der Waals surface area (Å²) in [7, 11) is 0. The van der Waals surface area contributed by atoms with E-state index in [2.05, 4.69) is 10.6 Å². The summed E-state index contributed by atoms with van der Waals surface area (Å²) in [5.41, 5.74) is 2.19. The molecule has 0 fully saturated rings. The maximum Gasteiger partial charge on any atom is 0.319 e. The van der Waals surface area contributed by atoms with Gasteiger partial charge in [-0.25, -0.2) is 9.69 Å². The molecule has 0 saturated carbocycles. The van der Waals surface area contributed by atoms with Gasteiger partial charge in [-0.1, -0.05) is 12.1 Å². The van der Waals surface area contributed by atoms with Gasteiger partial charge in [0.2, 0.25) is 0 Å². The Morgan fingerprint density at radius 1 is 0.917 bits per heavy atom. The predicted molar refractivity (Wildman–Crippen MR) is 89.2 cm³/mol. The second-order valence-corrected chi connectivity index (χ2v) is 6.43. The van der Waals surface area contributed by atoms with Gasteiger partial charge >= 0.3 is 6.03 Å². The highest BCUT2D eigenvalue weighted by Gasteiger charge is 2.38. The number of carbonyl (C=O) groups excluding carboxylic acids is 3. The first kappa shape index (κ1) is 14.4. The Hall–Kier alpha value is -3.15. The molecule has 120 valence electrons. The van der Waals surface area contributed by atoms with Crippen LogP contribution in [-0.2, 0) is 5.54 Å². The van der Waals surface area contributed by atoms with Gasteiger partial charge in [0, 0.05) is 11.3 Å². The third-order valence-corrected chi connectivity index (χ3v) is 4.40. The van der Waals surface area contributed by atoms with E-state index in [0.717, 1.165) is 5.56 Å². The van der Waals surface area contributed by atoms with Gasteiger partial charge < -0.3 is 10.6 Å². The minimum absolute atomic E-state index is 0.277. The van der Waals surface area contributed by atoms with E-state index in [0.29, 0.717) is 22.5 Å². The molecule has 0 unspecified atom stereocenters. The topological polar surface area (TPSA) is 78.5 Å². The molecule has 0 atom stereocenters. The Labute approximate surface area is 138 Å². The fraction of sp³-hybridized carbons (Fsp3) is 0.167. The second-order valence-electron chi connectivity index (χ2n) is 6.43. The number of fused-ring (bicyclic) bond motifs is 2. The van der Waals surface area contributed by atoms with E-state index in [4.69, 9.17) is 0 Å². The van der Waals surface area contributed by atoms with Crippen LogP contribution in [0.4, 0.5) is 16.2 Å². The van der Waals surface area contributed by atoms with Gasteiger partial charge in [-0.2, -0.15) is 0 Å². The number of anilines is 2. The van der Waals surface area contributed by atoms with Crippen molar-refractivity contribution < 1.29 is 14.4 Å². The molecule has 2 aliphatic rings. The number of hydrogen-bond acceptors (Lipinski definition) is 3. The molecule has 4 amide bonds. The summed E-state index contributed by atoms with van der Waals surface area (Å²) in [5.74, 6) is -0.665. The van der Waals surface area contributed by atoms with Crippen molar-refractivity contribution in [1.82, 2.24) is 5.32 Å². The second kappa shape index (κ2) is 4.67. The van der Waals surface area contributed by atoms with E-state index < -0.39 is 5.54 Å². The lowest BCUT2D eigenvalue weighted by Gasteiger charge is -2.34. The number of amides is 4. The van der Waals surface area contributed by atoms with Crippen LogP contribution in [0, 0.1) is 0 Å². The number of rotatable bonds is 1. The zero-order chi connectivity index (χ0) is 17.1. The fourth-order valence-electron chi connectivity index (χ4n) is 3.23. The highest BCUT2D eigenvalue weighted by Crippen LogP contribution is 2.36. The summed E-state index contributed by atoms with van der Waals surface area (Å²) in [6.07, 6.45) is 0. The van der Waals surface area contributed by atoms with Crippen molar-refractivity contribution in [3.63, 3.8) is 0 Å². The monoisotopic (exact) mass is 321 g/mol. The molecule has 2 aliphatic heterocycles. The SMILES string of the molecule is CC1(C)NC(=O)Nc2ccc(N3C(=O)c4ccccc4C3=O)cc21. The predicted octanol–water partition coefficient (Wildman–Crippen LogP) is 2.86. The molecule has 6 heteroatoms. The fourth-order valence-corrected chi connectivity index (χ4v) is 3.23. The number of carbonyl (C=O) groups is 3. The van der Waals surface area contributed by atoms with E-state index in [-0.39, 0.29) is 17.8 Å². The van der Waals surface area contributed by atoms with Gasteiger partial charge in [0.1, 0.15) is 0 Å². The first-order valence-electron chi connectivity index (χ1n) is 7.60. The van der Waals surface area contributed by atoms with Gasteiger partial charge in [0.25, 0.3) is 11.8 Å². The molecule has 24 heavy (non-hydrogen) atoms. The summed E-state index contributed by atoms with van der Waals surface area (Å²) in [4.78, 5) is 38.1. The molecule has 2 heterocycles. The van der Waals surface area contributed by atoms with E-state index >= 15 is 0 Å². The van der Waals surface area contributed by atoms with Crippen molar-refractivity contribution >= 4 is 29.2 Å². The molecule has 2 N–H and O–H groups in total. The molecule has 2 aromatic rings. The number of nitrogens with zero attached hydrogens (tertiary/aromatic N) is 1. The Morgan fingerprint density at radius 2 is 1.54 bits per heavy atom. The molecule has 0 radical (unpaired) electrons. The van der Waals surface area contributed by atoms with Crippen LogP contribution in [0.2, 0.25) is 0 Å². The van der Waals surface area contributed by atoms with Crippen LogP contribution < -0.4 is 15.5 Å². The van der Waals surface area contributed by atoms with Crippen molar-refractivity contribution in [2.45, 2.75) is 19.4 Å². The van der Waals surface area contributed by atoms with Crippen molar-refractivity contribution in [2.75, 3.05) is 10.2 Å². The summed E-state index contributed by atoms with van der Waals surface area (Å²) in [5, 5.41) is 5.57. The Balaban J connectivity index is 1.81. The maximum absolute atomic E-state index is 12.6. The zero-order valence-electron chi connectivity index (χ0n) is 13.2. The molecule has 0 bridgehead atoms. The smallest absolute Gasteiger partial charge is 0.319 e. The van der Waals surface area contributed by atoms with Crippen LogP contribution >= 0.6 is 0 Å². The first-order valence-corrected chi connectivity index (χ1v) is 7.60. The van der Waals surface area contributed by atoms with Crippen molar-refractivity contribution in [1.29, 1.82) is 0 Å². The molecular formula is C18H15N3O3. The summed E-state index contributed by atoms with van der Waals surface area (Å²) >= 11 is 0. The van der Waals surface area contributed by atoms with E-state index in [9.17, 15) is 14.4 Å². The largest absolute Gasteiger partial charge is 0.329 e. The first-order chi connectivity index (χ1) is 11.4. The molecule has 4 rings (SSSR count). The minimum Gasteiger partial charge on any atom is -0.329 e. The number of nitrogens with one attached hydrogen (secondary N) is 2. The van der Waals surface area contributed by atoms with Crippen LogP contribution in [0.25, 0.3) is 0 Å². The van der Waals surface area contributed by atoms with E-state index in [1.54, 1.807) is 42.5 Å². The molecule has 0 aliphatic carbocycles. The summed E-state index contributed by atoms with van der Waals surface area (Å²) in [6.45, 7) is 3.74. The van der Waals surface area contributed by atoms with E-state index in [1.165, 1.54) is 4.90 Å². The number of benzene rings is 2. The third-order valence-electron chi connectivity index (χ3n) is 4.40. The molecule has 0 aromatic heterocycles. The van der Waals surface area contributed by atoms with Crippen LogP contribution in [-0.4, -0.2) is 17.8 Å². The third kappa shape index (κ3) is 1.93. The Morgan fingerprint density at radius 3 is 2.17 bits per heavy atom. The van der Waals surface area contributed by atoms with Gasteiger partial charge in [0.05, 0.1) is 22.4 Å². The van der Waals surface area contributed by atoms with Gasteiger partial charge in [-0.05, 0) is 44.2 Å². The minimum atomic E-state index is -0.605. The Bertz CT molecular complexity index is 882. The number of urea groups is 1. The number of imide groups is 1. The van der Waals surface area contributed by atoms with Gasteiger partial charge in [0.15, 0.2) is 0 Å². The standard InChI is InChI=1S/C18H15N3O3/c1-18(2)13-9-10(7-8-14(13)19-17(24)20-18)21-15(22)11-5-3-4-6-12(11)16(21)23/h3-9H,1-2H3,(H2,19,20,24). The van der Waals surface area contributed by atoms with Crippen molar-refractivity contribution in [3.8, 4) is 0 Å². The van der Waals surface area contributed by atoms with Crippen molar-refractivity contribution in [3.05, 3.63) is 59.2 Å². The van der Waals surface area contributed by atoms with Crippen LogP contribution in [0.3, 0.4) is 0 Å². The average Bonchev–Trinajstić information content (AvgIpc) is 2.78. The van der Waals surface area contributed by atoms with Gasteiger partial charge in [-0.15, -0.1) is 0 Å². The normalized spacial score (nSPS) is 17.9. The quantitative estimate of drug-likeness (QED) is 0.793. The highest BCUT2D eigenvalue weighted by atomic mass is 16.2. The molecule has 2 aromatic carbocycles. The van der Waals surface area contributed by atoms with Gasteiger partial charge in [-0.3, -0.25) is 9.59 Å². The van der Waals surface area contributed by atoms with Crippen LogP contribution in [0.15, 0.2) is 42.5 Å². The molecule has 6 nitrogen and oxygen atoms in total. The summed E-state index contributed by atoms with van der Waals surface area (Å²) < 4.78 is 0. The van der Waals surface area contributed by atoms with Crippen molar-refractivity contribution in [2.24, 2.45) is 0 Å². The zero-order valence-corrected chi connectivity index (χ0v) is 13.2. The lowest BCUT2D eigenvalue weighted by atomic mass is 9.90. The van der Waals surface area contributed by atoms with Crippen LogP contribution in [0.1, 0.15) is 40.1 Å². The average molecular weight is 321 g/mol. The molecule has 0 spiro atoms. The lowest BCUT2D eigenvalue weighted by molar-refractivity contribution is 0.0926. The molecular weight excluding hydrogens is 306 g/mol. The maximum atomic E-state index is 12.6. The lowest BCUT2D eigenvalue weighted by Crippen LogP contribution is -2.48. The van der Waals surface area contributed by atoms with E-state index in [1.807, 2.05) is 13.8 Å². The Kier molecular flexibility index (Phi) is 2.81.